The van der Waals surface area contributed by atoms with Crippen LogP contribution in [-0.4, -0.2) is 16.6 Å². The normalized spacial score (nSPS) is 12.0. The van der Waals surface area contributed by atoms with Crippen LogP contribution in [0.2, 0.25) is 0 Å². The molecule has 0 amide bonds. The van der Waals surface area contributed by atoms with Gasteiger partial charge in [-0.05, 0) is 42.3 Å². The number of aryl methyl sites for hydroxylation is 1. The summed E-state index contributed by atoms with van der Waals surface area (Å²) in [7, 11) is 0. The molecule has 0 radical (unpaired) electrons. The van der Waals surface area contributed by atoms with Gasteiger partial charge in [0.15, 0.2) is 0 Å². The predicted octanol–water partition coefficient (Wildman–Crippen LogP) is 5.23. The van der Waals surface area contributed by atoms with Gasteiger partial charge in [-0.2, -0.15) is 22.0 Å². The fourth-order valence-corrected chi connectivity index (χ4v) is 2.45. The summed E-state index contributed by atoms with van der Waals surface area (Å²) in [6.07, 6.45) is -3.37. The van der Waals surface area contributed by atoms with E-state index in [4.69, 9.17) is 0 Å². The van der Waals surface area contributed by atoms with Crippen molar-refractivity contribution >= 4 is 11.0 Å². The Kier molecular flexibility index (Phi) is 4.28. The average molecular weight is 354 g/mol. The lowest BCUT2D eigenvalue weighted by Crippen LogP contribution is -2.05. The summed E-state index contributed by atoms with van der Waals surface area (Å²) in [5.41, 5.74) is 1.76. The zero-order valence-electron chi connectivity index (χ0n) is 12.8. The maximum Gasteiger partial charge on any atom is 0.416 e. The molecule has 2 aromatic carbocycles. The molecule has 0 bridgehead atoms. The van der Waals surface area contributed by atoms with Gasteiger partial charge >= 0.3 is 12.8 Å². The summed E-state index contributed by atoms with van der Waals surface area (Å²) >= 11 is 0. The van der Waals surface area contributed by atoms with Crippen molar-refractivity contribution in [1.82, 2.24) is 9.97 Å². The first-order valence-electron chi connectivity index (χ1n) is 7.14. The molecule has 0 aliphatic carbocycles. The second kappa shape index (κ2) is 6.27. The van der Waals surface area contributed by atoms with Crippen molar-refractivity contribution < 1.29 is 26.7 Å². The molecule has 0 atom stereocenters. The van der Waals surface area contributed by atoms with Gasteiger partial charge in [0.1, 0.15) is 0 Å². The van der Waals surface area contributed by atoms with Crippen LogP contribution in [-0.2, 0) is 6.18 Å². The molecule has 1 aromatic heterocycles. The van der Waals surface area contributed by atoms with Crippen LogP contribution in [0.25, 0.3) is 22.2 Å². The van der Waals surface area contributed by atoms with E-state index in [1.165, 1.54) is 12.1 Å². The monoisotopic (exact) mass is 354 g/mol. The van der Waals surface area contributed by atoms with Crippen molar-refractivity contribution in [2.24, 2.45) is 0 Å². The van der Waals surface area contributed by atoms with E-state index in [9.17, 15) is 22.0 Å². The van der Waals surface area contributed by atoms with Gasteiger partial charge in [0.05, 0.1) is 22.8 Å². The number of rotatable bonds is 3. The Bertz CT molecular complexity index is 907. The smallest absolute Gasteiger partial charge is 0.415 e. The highest BCUT2D eigenvalue weighted by Gasteiger charge is 2.30. The van der Waals surface area contributed by atoms with E-state index in [1.807, 2.05) is 0 Å². The Morgan fingerprint density at radius 1 is 1.04 bits per heavy atom. The molecule has 25 heavy (non-hydrogen) atoms. The molecular formula is C17H11F5N2O. The number of hydrogen-bond donors (Lipinski definition) is 0. The third-order valence-electron chi connectivity index (χ3n) is 3.50. The van der Waals surface area contributed by atoms with Crippen LogP contribution >= 0.6 is 0 Å². The quantitative estimate of drug-likeness (QED) is 0.605. The number of alkyl halides is 5. The van der Waals surface area contributed by atoms with Gasteiger partial charge in [0.2, 0.25) is 5.88 Å². The topological polar surface area (TPSA) is 35.0 Å². The maximum absolute atomic E-state index is 12.7. The van der Waals surface area contributed by atoms with Crippen LogP contribution in [0.1, 0.15) is 11.1 Å². The van der Waals surface area contributed by atoms with Crippen molar-refractivity contribution in [3.05, 3.63) is 53.7 Å². The molecule has 0 N–H and O–H groups in total. The second-order valence-corrected chi connectivity index (χ2v) is 5.34. The second-order valence-electron chi connectivity index (χ2n) is 5.34. The number of nitrogens with zero attached hydrogens (tertiary/aromatic N) is 2. The van der Waals surface area contributed by atoms with Gasteiger partial charge in [0.25, 0.3) is 0 Å². The third kappa shape index (κ3) is 3.67. The number of halogens is 5. The number of benzene rings is 2. The van der Waals surface area contributed by atoms with E-state index in [1.54, 1.807) is 19.1 Å². The predicted molar refractivity (Wildman–Crippen MR) is 81.3 cm³/mol. The molecule has 0 fully saturated rings. The number of fused-ring (bicyclic) bond motifs is 1. The number of hydrogen-bond acceptors (Lipinski definition) is 3. The van der Waals surface area contributed by atoms with Gasteiger partial charge in [-0.1, -0.05) is 12.1 Å². The fourth-order valence-electron chi connectivity index (χ4n) is 2.45. The lowest BCUT2D eigenvalue weighted by molar-refractivity contribution is -0.137. The molecule has 0 saturated carbocycles. The zero-order chi connectivity index (χ0) is 18.2. The van der Waals surface area contributed by atoms with Gasteiger partial charge < -0.3 is 4.74 Å². The molecule has 3 aromatic rings. The van der Waals surface area contributed by atoms with Gasteiger partial charge in [-0.15, -0.1) is 0 Å². The molecule has 130 valence electrons. The SMILES string of the molecule is Cc1cc(-c2ccc(C(F)(F)F)cc2)c2ncc(OC(F)F)nc2c1. The number of ether oxygens (including phenoxy) is 1. The summed E-state index contributed by atoms with van der Waals surface area (Å²) in [5.74, 6) is -0.327. The molecular weight excluding hydrogens is 343 g/mol. The first kappa shape index (κ1) is 17.1. The van der Waals surface area contributed by atoms with Crippen LogP contribution in [0.5, 0.6) is 5.88 Å². The van der Waals surface area contributed by atoms with Crippen molar-refractivity contribution in [2.45, 2.75) is 19.7 Å². The Labute approximate surface area is 139 Å². The molecule has 0 saturated heterocycles. The molecule has 1 heterocycles. The van der Waals surface area contributed by atoms with E-state index >= 15 is 0 Å². The zero-order valence-corrected chi connectivity index (χ0v) is 12.8. The van der Waals surface area contributed by atoms with Crippen LogP contribution in [0.3, 0.4) is 0 Å². The number of aromatic nitrogens is 2. The highest BCUT2D eigenvalue weighted by molar-refractivity contribution is 5.92. The molecule has 0 spiro atoms. The van der Waals surface area contributed by atoms with Crippen molar-refractivity contribution in [3.63, 3.8) is 0 Å². The lowest BCUT2D eigenvalue weighted by Gasteiger charge is -2.11. The van der Waals surface area contributed by atoms with Crippen LogP contribution < -0.4 is 4.74 Å². The van der Waals surface area contributed by atoms with Crippen molar-refractivity contribution in [3.8, 4) is 17.0 Å². The largest absolute Gasteiger partial charge is 0.416 e. The highest BCUT2D eigenvalue weighted by Crippen LogP contribution is 2.33. The summed E-state index contributed by atoms with van der Waals surface area (Å²) < 4.78 is 66.9. The standard InChI is InChI=1S/C17H11F5N2O/c1-9-6-12(10-2-4-11(5-3-10)17(20,21)22)15-13(7-9)24-14(8-23-15)25-16(18)19/h2-8,16H,1H3. The first-order valence-corrected chi connectivity index (χ1v) is 7.14. The maximum atomic E-state index is 12.7. The summed E-state index contributed by atoms with van der Waals surface area (Å²) in [6.45, 7) is -1.26. The van der Waals surface area contributed by atoms with E-state index in [-0.39, 0.29) is 5.88 Å². The summed E-state index contributed by atoms with van der Waals surface area (Å²) in [5, 5.41) is 0. The van der Waals surface area contributed by atoms with E-state index < -0.39 is 18.4 Å². The minimum absolute atomic E-state index is 0.313. The van der Waals surface area contributed by atoms with Crippen LogP contribution in [0, 0.1) is 6.92 Å². The van der Waals surface area contributed by atoms with E-state index in [0.717, 1.165) is 23.9 Å². The Morgan fingerprint density at radius 2 is 1.72 bits per heavy atom. The highest BCUT2D eigenvalue weighted by atomic mass is 19.4. The van der Waals surface area contributed by atoms with Crippen molar-refractivity contribution in [2.75, 3.05) is 0 Å². The lowest BCUT2D eigenvalue weighted by atomic mass is 10.00. The Hall–Kier alpha value is -2.77. The van der Waals surface area contributed by atoms with Crippen LogP contribution in [0.4, 0.5) is 22.0 Å². The van der Waals surface area contributed by atoms with E-state index in [2.05, 4.69) is 14.7 Å². The molecule has 0 unspecified atom stereocenters. The Balaban J connectivity index is 2.09. The Morgan fingerprint density at radius 3 is 2.32 bits per heavy atom. The molecule has 8 heteroatoms. The molecule has 0 aliphatic heterocycles. The van der Waals surface area contributed by atoms with Gasteiger partial charge in [0, 0.05) is 5.56 Å². The minimum Gasteiger partial charge on any atom is -0.415 e. The fraction of sp³-hybridized carbons (Fsp3) is 0.176. The van der Waals surface area contributed by atoms with Gasteiger partial charge in [-0.3, -0.25) is 0 Å². The van der Waals surface area contributed by atoms with Gasteiger partial charge in [-0.25, -0.2) is 9.97 Å². The van der Waals surface area contributed by atoms with Crippen LogP contribution in [0.15, 0.2) is 42.6 Å². The third-order valence-corrected chi connectivity index (χ3v) is 3.50. The summed E-state index contributed by atoms with van der Waals surface area (Å²) in [4.78, 5) is 8.05. The first-order chi connectivity index (χ1) is 11.7. The minimum atomic E-state index is -4.42. The molecule has 0 aliphatic rings. The molecule has 3 nitrogen and oxygen atoms in total. The molecule has 3 rings (SSSR count). The average Bonchev–Trinajstić information content (AvgIpc) is 2.52. The van der Waals surface area contributed by atoms with Crippen molar-refractivity contribution in [1.29, 1.82) is 0 Å². The summed E-state index contributed by atoms with van der Waals surface area (Å²) in [6, 6.07) is 8.00. The van der Waals surface area contributed by atoms with E-state index in [0.29, 0.717) is 22.2 Å².